The van der Waals surface area contributed by atoms with E-state index in [0.29, 0.717) is 0 Å². The summed E-state index contributed by atoms with van der Waals surface area (Å²) in [5.74, 6) is -0.366. The summed E-state index contributed by atoms with van der Waals surface area (Å²) in [6.45, 7) is 6.12. The first-order valence-electron chi connectivity index (χ1n) is 3.13. The zero-order valence-corrected chi connectivity index (χ0v) is 7.13. The monoisotopic (exact) mass is 159 g/mol. The summed E-state index contributed by atoms with van der Waals surface area (Å²) >= 11 is 1.23. The number of rotatable bonds is 0. The van der Waals surface area contributed by atoms with Gasteiger partial charge in [-0.2, -0.15) is 8.76 Å². The molecule has 0 saturated carbocycles. The lowest BCUT2D eigenvalue weighted by atomic mass is 9.95. The Labute approximate surface area is 64.1 Å². The zero-order valence-electron chi connectivity index (χ0n) is 6.31. The predicted octanol–water partition coefficient (Wildman–Crippen LogP) is 2.58. The first-order valence-corrected chi connectivity index (χ1v) is 3.90. The van der Waals surface area contributed by atoms with Gasteiger partial charge < -0.3 is 0 Å². The van der Waals surface area contributed by atoms with Crippen molar-refractivity contribution in [1.82, 2.24) is 4.37 Å². The molecule has 1 heterocycles. The van der Waals surface area contributed by atoms with Gasteiger partial charge in [-0.15, -0.1) is 0 Å². The maximum Gasteiger partial charge on any atom is 0.224 e. The molecule has 10 heavy (non-hydrogen) atoms. The summed E-state index contributed by atoms with van der Waals surface area (Å²) in [5.41, 5.74) is 0.0298. The fourth-order valence-electron chi connectivity index (χ4n) is 0.607. The Bertz CT molecular complexity index is 224. The Kier molecular flexibility index (Phi) is 1.77. The van der Waals surface area contributed by atoms with Crippen LogP contribution in [0.25, 0.3) is 0 Å². The Balaban J connectivity index is 2.96. The highest BCUT2D eigenvalue weighted by Crippen LogP contribution is 2.25. The normalized spacial score (nSPS) is 12.0. The van der Waals surface area contributed by atoms with E-state index in [1.807, 2.05) is 20.8 Å². The molecule has 0 fully saturated rings. The number of hydrogen-bond donors (Lipinski definition) is 0. The Hall–Kier alpha value is -0.440. The molecule has 1 aromatic rings. The van der Waals surface area contributed by atoms with Crippen LogP contribution in [-0.4, -0.2) is 4.37 Å². The summed E-state index contributed by atoms with van der Waals surface area (Å²) in [5, 5.41) is 0. The van der Waals surface area contributed by atoms with E-state index in [1.54, 1.807) is 0 Å². The second-order valence-corrected chi connectivity index (χ2v) is 4.07. The van der Waals surface area contributed by atoms with Crippen LogP contribution in [0.2, 0.25) is 0 Å². The van der Waals surface area contributed by atoms with Crippen LogP contribution in [0.5, 0.6) is 0 Å². The maximum atomic E-state index is 12.4. The van der Waals surface area contributed by atoms with Crippen LogP contribution in [-0.2, 0) is 5.41 Å². The van der Waals surface area contributed by atoms with Crippen molar-refractivity contribution in [1.29, 1.82) is 0 Å². The molecule has 0 aliphatic carbocycles. The molecular formula is C7H10FNS. The molecule has 0 unspecified atom stereocenters. The van der Waals surface area contributed by atoms with Gasteiger partial charge in [-0.3, -0.25) is 0 Å². The van der Waals surface area contributed by atoms with Crippen molar-refractivity contribution < 1.29 is 4.39 Å². The molecule has 0 aromatic carbocycles. The van der Waals surface area contributed by atoms with Gasteiger partial charge in [-0.1, -0.05) is 20.8 Å². The zero-order chi connectivity index (χ0) is 7.78. The summed E-state index contributed by atoms with van der Waals surface area (Å²) < 4.78 is 15.9. The third kappa shape index (κ3) is 1.53. The lowest BCUT2D eigenvalue weighted by molar-refractivity contribution is 0.579. The highest BCUT2D eigenvalue weighted by atomic mass is 32.1. The molecular weight excluding hydrogens is 149 g/mol. The van der Waals surface area contributed by atoms with Crippen molar-refractivity contribution in [3.05, 3.63) is 16.9 Å². The van der Waals surface area contributed by atoms with E-state index in [4.69, 9.17) is 0 Å². The van der Waals surface area contributed by atoms with Crippen LogP contribution >= 0.6 is 11.5 Å². The van der Waals surface area contributed by atoms with Gasteiger partial charge in [0.15, 0.2) is 0 Å². The van der Waals surface area contributed by atoms with Crippen molar-refractivity contribution in [2.24, 2.45) is 0 Å². The molecule has 0 bridgehead atoms. The minimum Gasteiger partial charge on any atom is -0.184 e. The van der Waals surface area contributed by atoms with Gasteiger partial charge in [0, 0.05) is 10.9 Å². The quantitative estimate of drug-likeness (QED) is 0.567. The third-order valence-electron chi connectivity index (χ3n) is 1.22. The molecule has 56 valence electrons. The van der Waals surface area contributed by atoms with Crippen LogP contribution < -0.4 is 0 Å². The second-order valence-electron chi connectivity index (χ2n) is 3.26. The van der Waals surface area contributed by atoms with Gasteiger partial charge >= 0.3 is 0 Å². The molecule has 1 aromatic heterocycles. The highest BCUT2D eigenvalue weighted by molar-refractivity contribution is 7.05. The fourth-order valence-corrected chi connectivity index (χ4v) is 1.27. The molecule has 0 N–H and O–H groups in total. The van der Waals surface area contributed by atoms with Crippen molar-refractivity contribution in [3.63, 3.8) is 0 Å². The first kappa shape index (κ1) is 7.66. The van der Waals surface area contributed by atoms with E-state index in [0.717, 1.165) is 4.88 Å². The van der Waals surface area contributed by atoms with Crippen LogP contribution in [0.15, 0.2) is 6.07 Å². The largest absolute Gasteiger partial charge is 0.224 e. The van der Waals surface area contributed by atoms with Crippen molar-refractivity contribution >= 4 is 11.5 Å². The molecule has 0 saturated heterocycles. The topological polar surface area (TPSA) is 12.9 Å². The van der Waals surface area contributed by atoms with Crippen LogP contribution in [0, 0.1) is 5.95 Å². The summed E-state index contributed by atoms with van der Waals surface area (Å²) in [7, 11) is 0. The van der Waals surface area contributed by atoms with Gasteiger partial charge in [0.2, 0.25) is 5.95 Å². The van der Waals surface area contributed by atoms with E-state index < -0.39 is 0 Å². The molecule has 0 aliphatic rings. The van der Waals surface area contributed by atoms with Gasteiger partial charge in [-0.25, -0.2) is 0 Å². The standard InChI is InChI=1S/C7H10FNS/c1-7(2,3)5-4-6(8)9-10-5/h4H,1-3H3. The van der Waals surface area contributed by atoms with Crippen LogP contribution in [0.4, 0.5) is 4.39 Å². The van der Waals surface area contributed by atoms with Gasteiger partial charge in [-0.05, 0) is 16.9 Å². The fraction of sp³-hybridized carbons (Fsp3) is 0.571. The average molecular weight is 159 g/mol. The SMILES string of the molecule is CC(C)(C)c1cc(F)ns1. The van der Waals surface area contributed by atoms with E-state index >= 15 is 0 Å². The lowest BCUT2D eigenvalue weighted by Gasteiger charge is -2.13. The molecule has 1 rings (SSSR count). The summed E-state index contributed by atoms with van der Waals surface area (Å²) in [6, 6.07) is 1.49. The van der Waals surface area contributed by atoms with E-state index in [1.165, 1.54) is 17.6 Å². The van der Waals surface area contributed by atoms with Gasteiger partial charge in [0.25, 0.3) is 0 Å². The Morgan fingerprint density at radius 2 is 2.10 bits per heavy atom. The van der Waals surface area contributed by atoms with E-state index in [-0.39, 0.29) is 11.4 Å². The molecule has 0 amide bonds. The second kappa shape index (κ2) is 2.31. The molecule has 0 aliphatic heterocycles. The molecule has 0 radical (unpaired) electrons. The number of aromatic nitrogens is 1. The number of halogens is 1. The highest BCUT2D eigenvalue weighted by Gasteiger charge is 2.16. The Morgan fingerprint density at radius 3 is 2.30 bits per heavy atom. The lowest BCUT2D eigenvalue weighted by Crippen LogP contribution is -2.07. The van der Waals surface area contributed by atoms with Crippen molar-refractivity contribution in [2.45, 2.75) is 26.2 Å². The Morgan fingerprint density at radius 1 is 1.50 bits per heavy atom. The smallest absolute Gasteiger partial charge is 0.184 e. The average Bonchev–Trinajstić information content (AvgIpc) is 2.11. The molecule has 0 atom stereocenters. The minimum atomic E-state index is -0.366. The van der Waals surface area contributed by atoms with Crippen molar-refractivity contribution in [3.8, 4) is 0 Å². The molecule has 3 heteroatoms. The van der Waals surface area contributed by atoms with Gasteiger partial charge in [0.1, 0.15) is 0 Å². The van der Waals surface area contributed by atoms with E-state index in [2.05, 4.69) is 4.37 Å². The summed E-state index contributed by atoms with van der Waals surface area (Å²) in [4.78, 5) is 0.991. The van der Waals surface area contributed by atoms with Gasteiger partial charge in [0.05, 0.1) is 0 Å². The third-order valence-corrected chi connectivity index (χ3v) is 2.41. The van der Waals surface area contributed by atoms with Crippen LogP contribution in [0.3, 0.4) is 0 Å². The predicted molar refractivity (Wildman–Crippen MR) is 40.8 cm³/mol. The van der Waals surface area contributed by atoms with Crippen molar-refractivity contribution in [2.75, 3.05) is 0 Å². The first-order chi connectivity index (χ1) is 4.50. The maximum absolute atomic E-state index is 12.4. The van der Waals surface area contributed by atoms with Crippen LogP contribution in [0.1, 0.15) is 25.6 Å². The molecule has 0 spiro atoms. The number of nitrogens with zero attached hydrogens (tertiary/aromatic N) is 1. The van der Waals surface area contributed by atoms with E-state index in [9.17, 15) is 4.39 Å². The molecule has 1 nitrogen and oxygen atoms in total. The minimum absolute atomic E-state index is 0.0298. The number of hydrogen-bond acceptors (Lipinski definition) is 2. The summed E-state index contributed by atoms with van der Waals surface area (Å²) in [6.07, 6.45) is 0.